The molecule has 5 heteroatoms. The van der Waals surface area contributed by atoms with Crippen molar-refractivity contribution in [3.63, 3.8) is 0 Å². The second kappa shape index (κ2) is 6.12. The van der Waals surface area contributed by atoms with Crippen LogP contribution < -0.4 is 5.32 Å². The average molecular weight is 302 g/mol. The Hall–Kier alpha value is -0.770. The molecule has 1 fully saturated rings. The molecule has 1 aromatic carbocycles. The van der Waals surface area contributed by atoms with Crippen molar-refractivity contribution in [1.82, 2.24) is 5.32 Å². The Kier molecular flexibility index (Phi) is 4.71. The zero-order valence-electron chi connectivity index (χ0n) is 10.6. The highest BCUT2D eigenvalue weighted by Gasteiger charge is 2.33. The summed E-state index contributed by atoms with van der Waals surface area (Å²) in [5.74, 6) is -0.275. The van der Waals surface area contributed by atoms with Gasteiger partial charge in [-0.2, -0.15) is 0 Å². The Bertz CT molecular complexity index is 471. The fourth-order valence-electron chi connectivity index (χ4n) is 2.54. The molecule has 0 aromatic heterocycles. The highest BCUT2D eigenvalue weighted by molar-refractivity contribution is 6.43. The minimum atomic E-state index is -0.513. The molecular weight excluding hydrogens is 285 g/mol. The lowest BCUT2D eigenvalue weighted by molar-refractivity contribution is 0.0759. The van der Waals surface area contributed by atoms with E-state index in [1.54, 1.807) is 18.2 Å². The average Bonchev–Trinajstić information content (AvgIpc) is 2.42. The largest absolute Gasteiger partial charge is 0.394 e. The van der Waals surface area contributed by atoms with Crippen LogP contribution in [-0.4, -0.2) is 23.2 Å². The maximum absolute atomic E-state index is 12.3. The Labute approximate surface area is 122 Å². The quantitative estimate of drug-likeness (QED) is 0.899. The van der Waals surface area contributed by atoms with E-state index in [2.05, 4.69) is 5.32 Å². The van der Waals surface area contributed by atoms with Crippen molar-refractivity contribution in [1.29, 1.82) is 0 Å². The van der Waals surface area contributed by atoms with Crippen LogP contribution in [0.25, 0.3) is 0 Å². The van der Waals surface area contributed by atoms with Gasteiger partial charge < -0.3 is 10.4 Å². The van der Waals surface area contributed by atoms with Crippen molar-refractivity contribution in [3.05, 3.63) is 33.8 Å². The van der Waals surface area contributed by atoms with Crippen LogP contribution >= 0.6 is 23.2 Å². The van der Waals surface area contributed by atoms with E-state index >= 15 is 0 Å². The molecule has 1 aliphatic rings. The molecule has 0 radical (unpaired) electrons. The predicted molar refractivity (Wildman–Crippen MR) is 76.8 cm³/mol. The van der Waals surface area contributed by atoms with Crippen molar-refractivity contribution in [2.75, 3.05) is 6.61 Å². The van der Waals surface area contributed by atoms with Gasteiger partial charge in [0, 0.05) is 0 Å². The molecule has 1 aromatic rings. The van der Waals surface area contributed by atoms with Crippen LogP contribution in [0.5, 0.6) is 0 Å². The second-order valence-corrected chi connectivity index (χ2v) is 5.84. The molecule has 0 bridgehead atoms. The third-order valence-corrected chi connectivity index (χ3v) is 4.51. The number of aliphatic hydroxyl groups is 1. The maximum Gasteiger partial charge on any atom is 0.253 e. The van der Waals surface area contributed by atoms with E-state index in [0.29, 0.717) is 10.6 Å². The summed E-state index contributed by atoms with van der Waals surface area (Å²) in [7, 11) is 0. The van der Waals surface area contributed by atoms with Gasteiger partial charge in [0.1, 0.15) is 0 Å². The number of rotatable bonds is 3. The van der Waals surface area contributed by atoms with Crippen LogP contribution in [-0.2, 0) is 0 Å². The summed E-state index contributed by atoms with van der Waals surface area (Å²) in [6.07, 6.45) is 4.78. The summed E-state index contributed by atoms with van der Waals surface area (Å²) >= 11 is 11.9. The van der Waals surface area contributed by atoms with Crippen molar-refractivity contribution in [2.24, 2.45) is 0 Å². The third kappa shape index (κ3) is 3.22. The first kappa shape index (κ1) is 14.6. The first-order chi connectivity index (χ1) is 9.08. The second-order valence-electron chi connectivity index (χ2n) is 5.05. The molecule has 0 unspecified atom stereocenters. The van der Waals surface area contributed by atoms with Gasteiger partial charge in [-0.25, -0.2) is 0 Å². The molecular formula is C14H17Cl2NO2. The Morgan fingerprint density at radius 1 is 1.26 bits per heavy atom. The van der Waals surface area contributed by atoms with Crippen LogP contribution in [0.4, 0.5) is 0 Å². The summed E-state index contributed by atoms with van der Waals surface area (Å²) in [6, 6.07) is 4.97. The van der Waals surface area contributed by atoms with E-state index in [-0.39, 0.29) is 17.5 Å². The van der Waals surface area contributed by atoms with Gasteiger partial charge in [-0.15, -0.1) is 0 Å². The fraction of sp³-hybridized carbons (Fsp3) is 0.500. The first-order valence-electron chi connectivity index (χ1n) is 6.45. The summed E-state index contributed by atoms with van der Waals surface area (Å²) in [6.45, 7) is -0.0447. The summed E-state index contributed by atoms with van der Waals surface area (Å²) in [4.78, 5) is 12.3. The Morgan fingerprint density at radius 2 is 1.95 bits per heavy atom. The first-order valence-corrected chi connectivity index (χ1v) is 7.21. The molecule has 2 rings (SSSR count). The number of benzene rings is 1. The van der Waals surface area contributed by atoms with Crippen LogP contribution in [0.2, 0.25) is 10.0 Å². The number of carbonyl (C=O) groups is 1. The predicted octanol–water partition coefficient (Wildman–Crippen LogP) is 3.42. The lowest BCUT2D eigenvalue weighted by Crippen LogP contribution is -2.52. The monoisotopic (exact) mass is 301 g/mol. The molecule has 19 heavy (non-hydrogen) atoms. The van der Waals surface area contributed by atoms with Gasteiger partial charge in [0.2, 0.25) is 0 Å². The Balaban J connectivity index is 2.17. The van der Waals surface area contributed by atoms with Gasteiger partial charge in [0.05, 0.1) is 27.8 Å². The molecule has 3 nitrogen and oxygen atoms in total. The SMILES string of the molecule is O=C(NC1(CO)CCCCC1)c1cccc(Cl)c1Cl. The fourth-order valence-corrected chi connectivity index (χ4v) is 2.92. The zero-order valence-corrected chi connectivity index (χ0v) is 12.1. The van der Waals surface area contributed by atoms with E-state index in [1.807, 2.05) is 0 Å². The molecule has 0 aliphatic heterocycles. The van der Waals surface area contributed by atoms with E-state index < -0.39 is 5.54 Å². The minimum absolute atomic E-state index is 0.0447. The maximum atomic E-state index is 12.3. The molecule has 0 heterocycles. The lowest BCUT2D eigenvalue weighted by atomic mass is 9.82. The van der Waals surface area contributed by atoms with Crippen molar-refractivity contribution >= 4 is 29.1 Å². The topological polar surface area (TPSA) is 49.3 Å². The molecule has 0 atom stereocenters. The van der Waals surface area contributed by atoms with E-state index in [1.165, 1.54) is 0 Å². The third-order valence-electron chi connectivity index (χ3n) is 3.69. The van der Waals surface area contributed by atoms with Gasteiger partial charge in [0.25, 0.3) is 5.91 Å². The van der Waals surface area contributed by atoms with Gasteiger partial charge in [-0.05, 0) is 25.0 Å². The highest BCUT2D eigenvalue weighted by atomic mass is 35.5. The molecule has 2 N–H and O–H groups in total. The molecule has 1 aliphatic carbocycles. The van der Waals surface area contributed by atoms with E-state index in [0.717, 1.165) is 32.1 Å². The van der Waals surface area contributed by atoms with Crippen LogP contribution in [0, 0.1) is 0 Å². The standard InChI is InChI=1S/C14H17Cl2NO2/c15-11-6-4-5-10(12(11)16)13(19)17-14(9-18)7-2-1-3-8-14/h4-6,18H,1-3,7-9H2,(H,17,19). The smallest absolute Gasteiger partial charge is 0.253 e. The summed E-state index contributed by atoms with van der Waals surface area (Å²) in [5.41, 5.74) is -0.159. The molecule has 1 amide bonds. The van der Waals surface area contributed by atoms with Gasteiger partial charge in [0.15, 0.2) is 0 Å². The van der Waals surface area contributed by atoms with Crippen LogP contribution in [0.3, 0.4) is 0 Å². The van der Waals surface area contributed by atoms with Gasteiger partial charge in [-0.1, -0.05) is 48.5 Å². The van der Waals surface area contributed by atoms with Crippen molar-refractivity contribution in [3.8, 4) is 0 Å². The number of hydrogen-bond acceptors (Lipinski definition) is 2. The van der Waals surface area contributed by atoms with Crippen LogP contribution in [0.1, 0.15) is 42.5 Å². The van der Waals surface area contributed by atoms with Crippen LogP contribution in [0.15, 0.2) is 18.2 Å². The minimum Gasteiger partial charge on any atom is -0.394 e. The highest BCUT2D eigenvalue weighted by Crippen LogP contribution is 2.30. The van der Waals surface area contributed by atoms with Crippen molar-refractivity contribution < 1.29 is 9.90 Å². The number of amides is 1. The number of halogens is 2. The Morgan fingerprint density at radius 3 is 2.58 bits per heavy atom. The molecule has 0 saturated heterocycles. The summed E-state index contributed by atoms with van der Waals surface area (Å²) in [5, 5.41) is 13.1. The summed E-state index contributed by atoms with van der Waals surface area (Å²) < 4.78 is 0. The zero-order chi connectivity index (χ0) is 13.9. The number of hydrogen-bond donors (Lipinski definition) is 2. The lowest BCUT2D eigenvalue weighted by Gasteiger charge is -2.36. The normalized spacial score (nSPS) is 18.1. The van der Waals surface area contributed by atoms with Gasteiger partial charge in [-0.3, -0.25) is 4.79 Å². The number of aliphatic hydroxyl groups excluding tert-OH is 1. The van der Waals surface area contributed by atoms with E-state index in [4.69, 9.17) is 23.2 Å². The number of nitrogens with one attached hydrogen (secondary N) is 1. The molecule has 0 spiro atoms. The van der Waals surface area contributed by atoms with E-state index in [9.17, 15) is 9.90 Å². The number of carbonyl (C=O) groups excluding carboxylic acids is 1. The van der Waals surface area contributed by atoms with Crippen molar-refractivity contribution in [2.45, 2.75) is 37.6 Å². The van der Waals surface area contributed by atoms with Gasteiger partial charge >= 0.3 is 0 Å². The molecule has 104 valence electrons. The molecule has 1 saturated carbocycles.